The molecule has 0 spiro atoms. The van der Waals surface area contributed by atoms with Crippen molar-refractivity contribution in [2.24, 2.45) is 0 Å². The maximum Gasteiger partial charge on any atom is 0.108 e. The van der Waals surface area contributed by atoms with Gasteiger partial charge in [0.1, 0.15) is 6.04 Å². The van der Waals surface area contributed by atoms with Crippen LogP contribution in [0.15, 0.2) is 24.3 Å². The van der Waals surface area contributed by atoms with Crippen molar-refractivity contribution >= 4 is 11.4 Å². The Bertz CT molecular complexity index is 420. The minimum atomic E-state index is 0.817. The van der Waals surface area contributed by atoms with Gasteiger partial charge in [0.2, 0.25) is 0 Å². The summed E-state index contributed by atoms with van der Waals surface area (Å²) in [5.74, 6) is 0. The standard InChI is InChI=1S/C16H26N3/c1-19(11-3-2-4-12-19)16-9-10-18(13-16)15-7-5-14(17)6-8-15/h5-8,16H,2-4,9-13,17H2,1H3/q+1. The lowest BCUT2D eigenvalue weighted by Gasteiger charge is -2.42. The molecule has 2 heterocycles. The van der Waals surface area contributed by atoms with E-state index >= 15 is 0 Å². The first kappa shape index (κ1) is 12.8. The predicted octanol–water partition coefficient (Wildman–Crippen LogP) is 2.48. The van der Waals surface area contributed by atoms with Gasteiger partial charge in [0.15, 0.2) is 0 Å². The van der Waals surface area contributed by atoms with Crippen LogP contribution in [0.2, 0.25) is 0 Å². The second kappa shape index (κ2) is 5.04. The Hall–Kier alpha value is -1.22. The average molecular weight is 260 g/mol. The Morgan fingerprint density at radius 1 is 1.11 bits per heavy atom. The molecule has 3 nitrogen and oxygen atoms in total. The molecule has 0 radical (unpaired) electrons. The van der Waals surface area contributed by atoms with Crippen LogP contribution in [0, 0.1) is 0 Å². The summed E-state index contributed by atoms with van der Waals surface area (Å²) in [6.45, 7) is 5.16. The molecule has 1 unspecified atom stereocenters. The van der Waals surface area contributed by atoms with Crippen LogP contribution in [-0.2, 0) is 0 Å². The number of nitrogens with two attached hydrogens (primary N) is 1. The van der Waals surface area contributed by atoms with Gasteiger partial charge in [-0.1, -0.05) is 0 Å². The van der Waals surface area contributed by atoms with Crippen molar-refractivity contribution in [1.29, 1.82) is 0 Å². The maximum absolute atomic E-state index is 5.77. The molecule has 0 aromatic heterocycles. The lowest BCUT2D eigenvalue weighted by molar-refractivity contribution is -0.935. The zero-order valence-electron chi connectivity index (χ0n) is 12.0. The highest BCUT2D eigenvalue weighted by molar-refractivity contribution is 5.53. The molecule has 19 heavy (non-hydrogen) atoms. The molecule has 1 aromatic rings. The van der Waals surface area contributed by atoms with E-state index in [0.717, 1.165) is 11.7 Å². The lowest BCUT2D eigenvalue weighted by atomic mass is 10.0. The van der Waals surface area contributed by atoms with Crippen molar-refractivity contribution in [1.82, 2.24) is 0 Å². The molecular formula is C16H26N3+. The molecule has 3 heteroatoms. The molecule has 0 saturated carbocycles. The fourth-order valence-electron chi connectivity index (χ4n) is 3.77. The van der Waals surface area contributed by atoms with Crippen molar-refractivity contribution in [3.05, 3.63) is 24.3 Å². The molecule has 0 amide bonds. The first-order chi connectivity index (χ1) is 9.17. The van der Waals surface area contributed by atoms with Crippen LogP contribution in [0.3, 0.4) is 0 Å². The zero-order valence-corrected chi connectivity index (χ0v) is 12.0. The molecule has 2 N–H and O–H groups in total. The van der Waals surface area contributed by atoms with Crippen LogP contribution >= 0.6 is 0 Å². The first-order valence-electron chi connectivity index (χ1n) is 7.62. The smallest absolute Gasteiger partial charge is 0.108 e. The van der Waals surface area contributed by atoms with Gasteiger partial charge in [-0.05, 0) is 43.5 Å². The number of anilines is 2. The van der Waals surface area contributed by atoms with E-state index in [1.807, 2.05) is 12.1 Å². The molecule has 2 fully saturated rings. The number of nitrogen functional groups attached to an aromatic ring is 1. The largest absolute Gasteiger partial charge is 0.399 e. The van der Waals surface area contributed by atoms with Crippen molar-refractivity contribution in [2.75, 3.05) is 43.9 Å². The molecule has 0 bridgehead atoms. The van der Waals surface area contributed by atoms with Gasteiger partial charge < -0.3 is 15.1 Å². The molecule has 1 atom stereocenters. The minimum absolute atomic E-state index is 0.817. The summed E-state index contributed by atoms with van der Waals surface area (Å²) in [6, 6.07) is 9.17. The maximum atomic E-state index is 5.77. The van der Waals surface area contributed by atoms with E-state index in [4.69, 9.17) is 5.73 Å². The zero-order chi connectivity index (χ0) is 13.3. The molecule has 2 aliphatic heterocycles. The molecule has 0 aliphatic carbocycles. The van der Waals surface area contributed by atoms with Gasteiger partial charge in [0.05, 0.1) is 26.7 Å². The van der Waals surface area contributed by atoms with Crippen molar-refractivity contribution in [3.8, 4) is 0 Å². The number of likely N-dealkylation sites (N-methyl/N-ethyl adjacent to an activating group) is 1. The van der Waals surface area contributed by atoms with Crippen LogP contribution in [0.4, 0.5) is 11.4 Å². The van der Waals surface area contributed by atoms with E-state index in [-0.39, 0.29) is 0 Å². The summed E-state index contributed by atoms with van der Waals surface area (Å²) in [4.78, 5) is 2.53. The SMILES string of the molecule is C[N+]1(C2CCN(c3ccc(N)cc3)C2)CCCCC1. The highest BCUT2D eigenvalue weighted by atomic mass is 15.4. The molecule has 104 valence electrons. The Labute approximate surface area is 116 Å². The second-order valence-corrected chi connectivity index (χ2v) is 6.47. The molecule has 3 rings (SSSR count). The number of piperidine rings is 1. The predicted molar refractivity (Wildman–Crippen MR) is 81.2 cm³/mol. The number of nitrogens with zero attached hydrogens (tertiary/aromatic N) is 2. The quantitative estimate of drug-likeness (QED) is 0.654. The summed E-state index contributed by atoms with van der Waals surface area (Å²) in [7, 11) is 2.47. The fraction of sp³-hybridized carbons (Fsp3) is 0.625. The van der Waals surface area contributed by atoms with Crippen molar-refractivity contribution in [3.63, 3.8) is 0 Å². The van der Waals surface area contributed by atoms with Gasteiger partial charge in [0.25, 0.3) is 0 Å². The monoisotopic (exact) mass is 260 g/mol. The highest BCUT2D eigenvalue weighted by Gasteiger charge is 2.38. The molecular weight excluding hydrogens is 234 g/mol. The van der Waals surface area contributed by atoms with Gasteiger partial charge in [0, 0.05) is 24.3 Å². The number of hydrogen-bond acceptors (Lipinski definition) is 2. The average Bonchev–Trinajstić information content (AvgIpc) is 2.91. The lowest BCUT2D eigenvalue weighted by Crippen LogP contribution is -2.56. The summed E-state index contributed by atoms with van der Waals surface area (Å²) in [5.41, 5.74) is 7.96. The van der Waals surface area contributed by atoms with Crippen LogP contribution < -0.4 is 10.6 Å². The van der Waals surface area contributed by atoms with E-state index < -0.39 is 0 Å². The number of quaternary nitrogens is 1. The van der Waals surface area contributed by atoms with Crippen LogP contribution in [0.5, 0.6) is 0 Å². The van der Waals surface area contributed by atoms with Crippen molar-refractivity contribution in [2.45, 2.75) is 31.7 Å². The van der Waals surface area contributed by atoms with Crippen LogP contribution in [-0.4, -0.2) is 43.8 Å². The van der Waals surface area contributed by atoms with E-state index in [2.05, 4.69) is 24.1 Å². The minimum Gasteiger partial charge on any atom is -0.399 e. The Morgan fingerprint density at radius 3 is 2.47 bits per heavy atom. The summed E-state index contributed by atoms with van der Waals surface area (Å²) >= 11 is 0. The Balaban J connectivity index is 1.68. The molecule has 1 aromatic carbocycles. The fourth-order valence-corrected chi connectivity index (χ4v) is 3.77. The number of benzene rings is 1. The summed E-state index contributed by atoms with van der Waals surface area (Å²) < 4.78 is 1.30. The van der Waals surface area contributed by atoms with E-state index in [1.54, 1.807) is 0 Å². The summed E-state index contributed by atoms with van der Waals surface area (Å²) in [5, 5.41) is 0. The van der Waals surface area contributed by atoms with Gasteiger partial charge in [-0.2, -0.15) is 0 Å². The Morgan fingerprint density at radius 2 is 1.79 bits per heavy atom. The van der Waals surface area contributed by atoms with E-state index in [1.165, 1.54) is 62.0 Å². The first-order valence-corrected chi connectivity index (χ1v) is 7.62. The van der Waals surface area contributed by atoms with E-state index in [9.17, 15) is 0 Å². The topological polar surface area (TPSA) is 29.3 Å². The van der Waals surface area contributed by atoms with Crippen molar-refractivity contribution < 1.29 is 4.48 Å². The summed E-state index contributed by atoms with van der Waals surface area (Å²) in [6.07, 6.45) is 5.59. The van der Waals surface area contributed by atoms with E-state index in [0.29, 0.717) is 0 Å². The van der Waals surface area contributed by atoms with Crippen LogP contribution in [0.1, 0.15) is 25.7 Å². The van der Waals surface area contributed by atoms with Crippen LogP contribution in [0.25, 0.3) is 0 Å². The van der Waals surface area contributed by atoms with Gasteiger partial charge >= 0.3 is 0 Å². The molecule has 2 aliphatic rings. The third-order valence-corrected chi connectivity index (χ3v) is 5.14. The highest BCUT2D eigenvalue weighted by Crippen LogP contribution is 2.29. The van der Waals surface area contributed by atoms with Gasteiger partial charge in [-0.15, -0.1) is 0 Å². The molecule has 2 saturated heterocycles. The second-order valence-electron chi connectivity index (χ2n) is 6.47. The Kier molecular flexibility index (Phi) is 3.40. The number of hydrogen-bond donors (Lipinski definition) is 1. The van der Waals surface area contributed by atoms with Gasteiger partial charge in [-0.25, -0.2) is 0 Å². The third-order valence-electron chi connectivity index (χ3n) is 5.14. The normalized spacial score (nSPS) is 26.6. The number of rotatable bonds is 2. The third kappa shape index (κ3) is 2.57. The van der Waals surface area contributed by atoms with Gasteiger partial charge in [-0.3, -0.25) is 0 Å². The number of likely N-dealkylation sites (tertiary alicyclic amines) is 1.